The first-order valence-electron chi connectivity index (χ1n) is 6.09. The molecular formula is C13H21NO4. The van der Waals surface area contributed by atoms with Gasteiger partial charge in [-0.3, -0.25) is 0 Å². The molecule has 0 fully saturated rings. The van der Waals surface area contributed by atoms with E-state index in [1.807, 2.05) is 6.92 Å². The van der Waals surface area contributed by atoms with Crippen LogP contribution in [0.2, 0.25) is 0 Å². The third kappa shape index (κ3) is 4.91. The largest absolute Gasteiger partial charge is 0.508 e. The Morgan fingerprint density at radius 2 is 2.06 bits per heavy atom. The van der Waals surface area contributed by atoms with E-state index in [-0.39, 0.29) is 24.1 Å². The number of nitrogens with one attached hydrogen (secondary N) is 1. The SMILES string of the molecule is CC(NCCCOCCO)c1cc(O)ccc1O. The number of aromatic hydroxyl groups is 2. The lowest BCUT2D eigenvalue weighted by Crippen LogP contribution is -2.21. The number of aliphatic hydroxyl groups excluding tert-OH is 1. The molecule has 1 unspecified atom stereocenters. The Kier molecular flexibility index (Phi) is 6.49. The lowest BCUT2D eigenvalue weighted by Gasteiger charge is -2.15. The van der Waals surface area contributed by atoms with E-state index >= 15 is 0 Å². The van der Waals surface area contributed by atoms with Crippen molar-refractivity contribution in [1.29, 1.82) is 0 Å². The Labute approximate surface area is 107 Å². The van der Waals surface area contributed by atoms with Crippen LogP contribution in [0.1, 0.15) is 24.9 Å². The molecule has 5 heteroatoms. The maximum Gasteiger partial charge on any atom is 0.120 e. The predicted octanol–water partition coefficient (Wildman–Crippen LogP) is 1.15. The summed E-state index contributed by atoms with van der Waals surface area (Å²) < 4.78 is 5.13. The fraction of sp³-hybridized carbons (Fsp3) is 0.538. The quantitative estimate of drug-likeness (QED) is 0.414. The molecule has 0 aliphatic heterocycles. The molecule has 0 aromatic heterocycles. The van der Waals surface area contributed by atoms with Gasteiger partial charge in [-0.2, -0.15) is 0 Å². The molecular weight excluding hydrogens is 234 g/mol. The third-order valence-electron chi connectivity index (χ3n) is 2.63. The van der Waals surface area contributed by atoms with E-state index in [4.69, 9.17) is 9.84 Å². The highest BCUT2D eigenvalue weighted by Gasteiger charge is 2.10. The van der Waals surface area contributed by atoms with Gasteiger partial charge >= 0.3 is 0 Å². The zero-order valence-corrected chi connectivity index (χ0v) is 10.6. The molecule has 5 nitrogen and oxygen atoms in total. The molecule has 1 aromatic carbocycles. The highest BCUT2D eigenvalue weighted by molar-refractivity contribution is 5.40. The van der Waals surface area contributed by atoms with Crippen LogP contribution in [0.15, 0.2) is 18.2 Å². The zero-order chi connectivity index (χ0) is 13.4. The van der Waals surface area contributed by atoms with E-state index in [0.29, 0.717) is 18.8 Å². The molecule has 0 radical (unpaired) electrons. The number of rotatable bonds is 8. The molecule has 1 aromatic rings. The van der Waals surface area contributed by atoms with Crippen LogP contribution in [0.3, 0.4) is 0 Å². The summed E-state index contributed by atoms with van der Waals surface area (Å²) in [5.74, 6) is 0.312. The number of hydrogen-bond acceptors (Lipinski definition) is 5. The van der Waals surface area contributed by atoms with Gasteiger partial charge in [-0.05, 0) is 38.1 Å². The summed E-state index contributed by atoms with van der Waals surface area (Å²) in [5, 5.41) is 30.8. The van der Waals surface area contributed by atoms with Crippen molar-refractivity contribution in [3.8, 4) is 11.5 Å². The molecule has 1 atom stereocenters. The first kappa shape index (κ1) is 14.8. The number of aliphatic hydroxyl groups is 1. The van der Waals surface area contributed by atoms with E-state index in [1.165, 1.54) is 12.1 Å². The van der Waals surface area contributed by atoms with Crippen molar-refractivity contribution in [2.45, 2.75) is 19.4 Å². The van der Waals surface area contributed by atoms with E-state index in [0.717, 1.165) is 13.0 Å². The summed E-state index contributed by atoms with van der Waals surface area (Å²) in [4.78, 5) is 0. The minimum absolute atomic E-state index is 0.0427. The summed E-state index contributed by atoms with van der Waals surface area (Å²) >= 11 is 0. The normalized spacial score (nSPS) is 12.6. The van der Waals surface area contributed by atoms with Crippen molar-refractivity contribution in [1.82, 2.24) is 5.32 Å². The fourth-order valence-corrected chi connectivity index (χ4v) is 1.66. The van der Waals surface area contributed by atoms with Crippen molar-refractivity contribution < 1.29 is 20.1 Å². The molecule has 18 heavy (non-hydrogen) atoms. The van der Waals surface area contributed by atoms with Crippen LogP contribution in [0.25, 0.3) is 0 Å². The number of phenols is 2. The van der Waals surface area contributed by atoms with E-state index in [2.05, 4.69) is 5.32 Å². The number of hydrogen-bond donors (Lipinski definition) is 4. The fourth-order valence-electron chi connectivity index (χ4n) is 1.66. The van der Waals surface area contributed by atoms with E-state index < -0.39 is 0 Å². The Morgan fingerprint density at radius 1 is 1.28 bits per heavy atom. The molecule has 1 rings (SSSR count). The molecule has 0 aliphatic rings. The van der Waals surface area contributed by atoms with Gasteiger partial charge in [0.05, 0.1) is 13.2 Å². The second-order valence-corrected chi connectivity index (χ2v) is 4.11. The summed E-state index contributed by atoms with van der Waals surface area (Å²) in [6.07, 6.45) is 0.823. The van der Waals surface area contributed by atoms with Gasteiger partial charge in [0.15, 0.2) is 0 Å². The number of benzene rings is 1. The zero-order valence-electron chi connectivity index (χ0n) is 10.6. The average Bonchev–Trinajstić information content (AvgIpc) is 2.36. The second-order valence-electron chi connectivity index (χ2n) is 4.11. The number of ether oxygens (including phenoxy) is 1. The van der Waals surface area contributed by atoms with Crippen LogP contribution in [-0.4, -0.2) is 41.7 Å². The Bertz CT molecular complexity index is 357. The monoisotopic (exact) mass is 255 g/mol. The summed E-state index contributed by atoms with van der Waals surface area (Å²) in [7, 11) is 0. The molecule has 0 amide bonds. The average molecular weight is 255 g/mol. The molecule has 0 saturated carbocycles. The van der Waals surface area contributed by atoms with Gasteiger partial charge in [0.1, 0.15) is 11.5 Å². The van der Waals surface area contributed by atoms with E-state index in [9.17, 15) is 10.2 Å². The van der Waals surface area contributed by atoms with Crippen molar-refractivity contribution in [2.24, 2.45) is 0 Å². The molecule has 0 saturated heterocycles. The lowest BCUT2D eigenvalue weighted by molar-refractivity contribution is 0.0904. The topological polar surface area (TPSA) is 82.0 Å². The van der Waals surface area contributed by atoms with Gasteiger partial charge < -0.3 is 25.4 Å². The highest BCUT2D eigenvalue weighted by atomic mass is 16.5. The Balaban J connectivity index is 2.31. The highest BCUT2D eigenvalue weighted by Crippen LogP contribution is 2.27. The van der Waals surface area contributed by atoms with Gasteiger partial charge in [-0.1, -0.05) is 0 Å². The van der Waals surface area contributed by atoms with Crippen LogP contribution in [0, 0.1) is 0 Å². The van der Waals surface area contributed by atoms with Crippen LogP contribution in [0.4, 0.5) is 0 Å². The molecule has 0 heterocycles. The van der Waals surface area contributed by atoms with Crippen LogP contribution in [0.5, 0.6) is 11.5 Å². The van der Waals surface area contributed by atoms with Gasteiger partial charge in [0.2, 0.25) is 0 Å². The predicted molar refractivity (Wildman–Crippen MR) is 68.7 cm³/mol. The second kappa shape index (κ2) is 7.92. The van der Waals surface area contributed by atoms with Crippen LogP contribution < -0.4 is 5.32 Å². The molecule has 0 bridgehead atoms. The smallest absolute Gasteiger partial charge is 0.120 e. The van der Waals surface area contributed by atoms with Crippen LogP contribution in [-0.2, 0) is 4.74 Å². The minimum atomic E-state index is -0.0464. The third-order valence-corrected chi connectivity index (χ3v) is 2.63. The Morgan fingerprint density at radius 3 is 2.78 bits per heavy atom. The lowest BCUT2D eigenvalue weighted by atomic mass is 10.1. The first-order valence-corrected chi connectivity index (χ1v) is 6.09. The molecule has 102 valence electrons. The summed E-state index contributed by atoms with van der Waals surface area (Å²) in [6.45, 7) is 3.65. The first-order chi connectivity index (χ1) is 8.65. The standard InChI is InChI=1S/C13H21NO4/c1-10(14-5-2-7-18-8-6-15)12-9-11(16)3-4-13(12)17/h3-4,9-10,14-17H,2,5-8H2,1H3. The van der Waals surface area contributed by atoms with Gasteiger partial charge in [0.25, 0.3) is 0 Å². The number of phenolic OH excluding ortho intramolecular Hbond substituents is 2. The van der Waals surface area contributed by atoms with Gasteiger partial charge in [-0.25, -0.2) is 0 Å². The van der Waals surface area contributed by atoms with Gasteiger partial charge in [-0.15, -0.1) is 0 Å². The minimum Gasteiger partial charge on any atom is -0.508 e. The Hall–Kier alpha value is -1.30. The summed E-state index contributed by atoms with van der Waals surface area (Å²) in [6, 6.07) is 4.44. The van der Waals surface area contributed by atoms with Crippen molar-refractivity contribution in [3.05, 3.63) is 23.8 Å². The van der Waals surface area contributed by atoms with Gasteiger partial charge in [0, 0.05) is 18.2 Å². The maximum absolute atomic E-state index is 9.67. The molecule has 0 spiro atoms. The van der Waals surface area contributed by atoms with E-state index in [1.54, 1.807) is 6.07 Å². The van der Waals surface area contributed by atoms with Crippen molar-refractivity contribution >= 4 is 0 Å². The van der Waals surface area contributed by atoms with Crippen molar-refractivity contribution in [2.75, 3.05) is 26.4 Å². The maximum atomic E-state index is 9.67. The van der Waals surface area contributed by atoms with Crippen LogP contribution >= 0.6 is 0 Å². The molecule has 4 N–H and O–H groups in total. The summed E-state index contributed by atoms with van der Waals surface area (Å²) in [5.41, 5.74) is 0.672. The van der Waals surface area contributed by atoms with Crippen molar-refractivity contribution in [3.63, 3.8) is 0 Å². The molecule has 0 aliphatic carbocycles.